The second kappa shape index (κ2) is 3.24. The highest BCUT2D eigenvalue weighted by atomic mass is 14.2. The molecule has 0 spiro atoms. The molecule has 0 aliphatic carbocycles. The predicted molar refractivity (Wildman–Crippen MR) is 43.3 cm³/mol. The van der Waals surface area contributed by atoms with E-state index in [1.807, 2.05) is 0 Å². The van der Waals surface area contributed by atoms with Crippen LogP contribution in [0.25, 0.3) is 0 Å². The monoisotopic (exact) mass is 127 g/mol. The molecule has 0 bridgehead atoms. The Morgan fingerprint density at radius 2 is 1.67 bits per heavy atom. The van der Waals surface area contributed by atoms with E-state index in [2.05, 4.69) is 34.6 Å². The van der Waals surface area contributed by atoms with E-state index in [0.29, 0.717) is 5.41 Å². The van der Waals surface area contributed by atoms with Crippen molar-refractivity contribution < 1.29 is 0 Å². The molecule has 0 aliphatic heterocycles. The van der Waals surface area contributed by atoms with Gasteiger partial charge in [0.2, 0.25) is 0 Å². The first-order chi connectivity index (χ1) is 3.98. The van der Waals surface area contributed by atoms with Crippen LogP contribution in [0.15, 0.2) is 0 Å². The summed E-state index contributed by atoms with van der Waals surface area (Å²) < 4.78 is 0. The van der Waals surface area contributed by atoms with E-state index in [4.69, 9.17) is 0 Å². The van der Waals surface area contributed by atoms with Gasteiger partial charge in [0.05, 0.1) is 0 Å². The van der Waals surface area contributed by atoms with Crippen LogP contribution < -0.4 is 0 Å². The van der Waals surface area contributed by atoms with E-state index in [1.165, 1.54) is 12.8 Å². The lowest BCUT2D eigenvalue weighted by Crippen LogP contribution is -2.11. The van der Waals surface area contributed by atoms with Crippen LogP contribution in [0.1, 0.15) is 47.5 Å². The van der Waals surface area contributed by atoms with Crippen molar-refractivity contribution in [3.63, 3.8) is 0 Å². The van der Waals surface area contributed by atoms with E-state index in [-0.39, 0.29) is 0 Å². The summed E-state index contributed by atoms with van der Waals surface area (Å²) in [5.41, 5.74) is 0.527. The third-order valence-electron chi connectivity index (χ3n) is 1.79. The van der Waals surface area contributed by atoms with Crippen molar-refractivity contribution in [3.05, 3.63) is 5.92 Å². The van der Waals surface area contributed by atoms with Crippen molar-refractivity contribution >= 4 is 0 Å². The van der Waals surface area contributed by atoms with E-state index >= 15 is 0 Å². The quantitative estimate of drug-likeness (QED) is 0.545. The molecule has 55 valence electrons. The molecule has 0 aromatic carbocycles. The lowest BCUT2D eigenvalue weighted by atomic mass is 9.82. The van der Waals surface area contributed by atoms with E-state index in [9.17, 15) is 0 Å². The minimum absolute atomic E-state index is 0.527. The summed E-state index contributed by atoms with van der Waals surface area (Å²) in [4.78, 5) is 0. The van der Waals surface area contributed by atoms with Gasteiger partial charge in [-0.15, -0.1) is 0 Å². The number of hydrogen-bond acceptors (Lipinski definition) is 0. The van der Waals surface area contributed by atoms with Crippen LogP contribution in [0, 0.1) is 11.3 Å². The first kappa shape index (κ1) is 9.00. The van der Waals surface area contributed by atoms with E-state index < -0.39 is 0 Å². The molecule has 0 heterocycles. The molecule has 0 nitrogen and oxygen atoms in total. The highest BCUT2D eigenvalue weighted by molar-refractivity contribution is 4.84. The Labute approximate surface area is 59.7 Å². The van der Waals surface area contributed by atoms with Crippen LogP contribution in [0.5, 0.6) is 0 Å². The Morgan fingerprint density at radius 3 is 1.78 bits per heavy atom. The molecule has 0 aromatic rings. The summed E-state index contributed by atoms with van der Waals surface area (Å²) in [6, 6.07) is 0. The lowest BCUT2D eigenvalue weighted by Gasteiger charge is -2.24. The van der Waals surface area contributed by atoms with Gasteiger partial charge in [-0.3, -0.25) is 0 Å². The fraction of sp³-hybridized carbons (Fsp3) is 0.889. The molecule has 0 rings (SSSR count). The lowest BCUT2D eigenvalue weighted by molar-refractivity contribution is 0.332. The molecule has 0 heteroatoms. The van der Waals surface area contributed by atoms with Crippen LogP contribution in [-0.4, -0.2) is 0 Å². The zero-order chi connectivity index (χ0) is 7.49. The summed E-state index contributed by atoms with van der Waals surface area (Å²) >= 11 is 0. The molecule has 9 heavy (non-hydrogen) atoms. The summed E-state index contributed by atoms with van der Waals surface area (Å²) in [6.45, 7) is 11.3. The second-order valence-corrected chi connectivity index (χ2v) is 3.90. The van der Waals surface area contributed by atoms with E-state index in [1.54, 1.807) is 5.92 Å². The fourth-order valence-electron chi connectivity index (χ4n) is 1.08. The molecule has 0 aliphatic rings. The maximum absolute atomic E-state index is 2.32. The Kier molecular flexibility index (Phi) is 3.24. The van der Waals surface area contributed by atoms with Crippen molar-refractivity contribution in [1.82, 2.24) is 0 Å². The van der Waals surface area contributed by atoms with Crippen LogP contribution >= 0.6 is 0 Å². The molecule has 0 aromatic heterocycles. The van der Waals surface area contributed by atoms with Gasteiger partial charge in [-0.25, -0.2) is 0 Å². The number of hydrogen-bond donors (Lipinski definition) is 0. The Hall–Kier alpha value is 0. The summed E-state index contributed by atoms with van der Waals surface area (Å²) in [7, 11) is 0. The zero-order valence-corrected chi connectivity index (χ0v) is 7.41. The molecule has 0 atom stereocenters. The molecule has 0 amide bonds. The maximum atomic E-state index is 2.32. The normalized spacial score (nSPS) is 12.7. The van der Waals surface area contributed by atoms with Crippen LogP contribution in [-0.2, 0) is 0 Å². The summed E-state index contributed by atoms with van der Waals surface area (Å²) in [5.74, 6) is 1.54. The van der Waals surface area contributed by atoms with Gasteiger partial charge in [0.25, 0.3) is 0 Å². The second-order valence-electron chi connectivity index (χ2n) is 3.90. The molecular formula is C9H19. The standard InChI is InChI=1S/C9H19/c1-6-9(4,5)7-8(2)3/h6-7H2,1-5H3. The average Bonchev–Trinajstić information content (AvgIpc) is 1.63. The third-order valence-corrected chi connectivity index (χ3v) is 1.79. The van der Waals surface area contributed by atoms with Crippen LogP contribution in [0.2, 0.25) is 0 Å². The van der Waals surface area contributed by atoms with Crippen LogP contribution in [0.3, 0.4) is 0 Å². The van der Waals surface area contributed by atoms with Gasteiger partial charge in [0, 0.05) is 0 Å². The van der Waals surface area contributed by atoms with Crippen molar-refractivity contribution in [2.45, 2.75) is 47.5 Å². The van der Waals surface area contributed by atoms with Gasteiger partial charge in [0.1, 0.15) is 0 Å². The summed E-state index contributed by atoms with van der Waals surface area (Å²) in [5, 5.41) is 0. The summed E-state index contributed by atoms with van der Waals surface area (Å²) in [6.07, 6.45) is 2.54. The van der Waals surface area contributed by atoms with Gasteiger partial charge in [-0.2, -0.15) is 0 Å². The molecule has 0 unspecified atom stereocenters. The topological polar surface area (TPSA) is 0 Å². The molecule has 0 fully saturated rings. The SMILES string of the molecule is CCC(C)(C)C[C](C)C. The first-order valence-corrected chi connectivity index (χ1v) is 3.77. The van der Waals surface area contributed by atoms with Gasteiger partial charge in [0.15, 0.2) is 0 Å². The van der Waals surface area contributed by atoms with Crippen molar-refractivity contribution in [2.75, 3.05) is 0 Å². The Bertz CT molecular complexity index is 70.1. The zero-order valence-electron chi connectivity index (χ0n) is 7.41. The van der Waals surface area contributed by atoms with Gasteiger partial charge >= 0.3 is 0 Å². The minimum Gasteiger partial charge on any atom is -0.0649 e. The molecule has 0 saturated carbocycles. The van der Waals surface area contributed by atoms with E-state index in [0.717, 1.165) is 0 Å². The molecule has 0 saturated heterocycles. The smallest absolute Gasteiger partial charge is 0.0298 e. The molecule has 0 N–H and O–H groups in total. The Balaban J connectivity index is 3.58. The first-order valence-electron chi connectivity index (χ1n) is 3.77. The van der Waals surface area contributed by atoms with Crippen molar-refractivity contribution in [1.29, 1.82) is 0 Å². The van der Waals surface area contributed by atoms with Crippen molar-refractivity contribution in [2.24, 2.45) is 5.41 Å². The van der Waals surface area contributed by atoms with Gasteiger partial charge < -0.3 is 0 Å². The highest BCUT2D eigenvalue weighted by Crippen LogP contribution is 2.28. The van der Waals surface area contributed by atoms with Gasteiger partial charge in [-0.05, 0) is 17.8 Å². The van der Waals surface area contributed by atoms with Crippen LogP contribution in [0.4, 0.5) is 0 Å². The van der Waals surface area contributed by atoms with Gasteiger partial charge in [-0.1, -0.05) is 41.0 Å². The number of rotatable bonds is 3. The van der Waals surface area contributed by atoms with Crippen molar-refractivity contribution in [3.8, 4) is 0 Å². The fourth-order valence-corrected chi connectivity index (χ4v) is 1.08. The predicted octanol–water partition coefficient (Wildman–Crippen LogP) is 3.43. The maximum Gasteiger partial charge on any atom is -0.0298 e. The molecule has 1 radical (unpaired) electrons. The molecular weight excluding hydrogens is 108 g/mol. The average molecular weight is 127 g/mol. The minimum atomic E-state index is 0.527. The Morgan fingerprint density at radius 1 is 1.22 bits per heavy atom. The highest BCUT2D eigenvalue weighted by Gasteiger charge is 2.15. The third kappa shape index (κ3) is 4.50. The largest absolute Gasteiger partial charge is 0.0649 e.